The molecule has 0 saturated heterocycles. The van der Waals surface area contributed by atoms with Gasteiger partial charge in [0.25, 0.3) is 31.3 Å². The summed E-state index contributed by atoms with van der Waals surface area (Å²) in [5.74, 6) is -4.79. The van der Waals surface area contributed by atoms with Crippen LogP contribution in [-0.2, 0) is 131 Å². The molecule has 0 spiro atoms. The van der Waals surface area contributed by atoms with Crippen molar-refractivity contribution in [2.45, 2.75) is 297 Å². The molecular formula is C69H130O39P4-4. The van der Waals surface area contributed by atoms with Gasteiger partial charge in [-0.1, -0.05) is 169 Å². The van der Waals surface area contributed by atoms with Crippen LogP contribution in [0.25, 0.3) is 0 Å². The number of hydrogen-bond acceptors (Lipinski definition) is 39. The Balaban J connectivity index is -0.000000706. The molecule has 0 heterocycles. The maximum absolute atomic E-state index is 12.1. The van der Waals surface area contributed by atoms with Crippen molar-refractivity contribution in [2.24, 2.45) is 0 Å². The summed E-state index contributed by atoms with van der Waals surface area (Å²) in [5, 5.41) is 62.5. The third-order valence-corrected chi connectivity index (χ3v) is 18.3. The third kappa shape index (κ3) is 82.4. The summed E-state index contributed by atoms with van der Waals surface area (Å²) < 4.78 is 121. The van der Waals surface area contributed by atoms with Crippen LogP contribution in [0.15, 0.2) is 0 Å². The van der Waals surface area contributed by atoms with E-state index in [0.717, 1.165) is 72.1 Å². The second-order valence-corrected chi connectivity index (χ2v) is 31.2. The highest BCUT2D eigenvalue weighted by atomic mass is 31.2. The molecular weight excluding hydrogens is 1580 g/mol. The van der Waals surface area contributed by atoms with Gasteiger partial charge in [-0.15, -0.1) is 0 Å². The maximum Gasteiger partial charge on any atom is 0.306 e. The van der Waals surface area contributed by atoms with Crippen LogP contribution in [0.2, 0.25) is 0 Å². The minimum atomic E-state index is -4.81. The van der Waals surface area contributed by atoms with E-state index >= 15 is 0 Å². The topological polar surface area (TPSA) is 586 Å². The Bertz CT molecular complexity index is 2630. The van der Waals surface area contributed by atoms with Crippen LogP contribution in [-0.4, -0.2) is 231 Å². The SMILES string of the molecule is CCC(O)COP(=O)([O-])OCC(COC(C)=O)OC(C)=O.CCCCCC(=O)OC(COC(C)=O)COP(=O)([O-])OCC(O)CO.CCCCCCCCCCCC(=O)OC(COC(C)=O)COP(=O)([O-])OCC(O)CO.CCCCCCCCCCCCCCCC(=O)OC(COC(C)=O)COP(=O)([O-])OCC(O)CO. The van der Waals surface area contributed by atoms with E-state index in [1.165, 1.54) is 104 Å². The number of rotatable bonds is 68. The van der Waals surface area contributed by atoms with Gasteiger partial charge >= 0.3 is 47.8 Å². The van der Waals surface area contributed by atoms with E-state index in [1.54, 1.807) is 6.92 Å². The van der Waals surface area contributed by atoms with E-state index in [0.29, 0.717) is 25.7 Å². The molecule has 0 aromatic rings. The molecule has 112 heavy (non-hydrogen) atoms. The van der Waals surface area contributed by atoms with Crippen LogP contribution in [0.4, 0.5) is 0 Å². The number of aliphatic hydroxyl groups is 7. The van der Waals surface area contributed by atoms with Gasteiger partial charge in [0.2, 0.25) is 0 Å². The number of esters is 8. The van der Waals surface area contributed by atoms with Crippen molar-refractivity contribution >= 4 is 79.0 Å². The average Bonchev–Trinajstić information content (AvgIpc) is 0.921. The van der Waals surface area contributed by atoms with Gasteiger partial charge in [0.05, 0.1) is 78.8 Å². The molecule has 0 aromatic carbocycles. The third-order valence-electron chi connectivity index (χ3n) is 14.5. The predicted octanol–water partition coefficient (Wildman–Crippen LogP) is 5.68. The fraction of sp³-hybridized carbons (Fsp3) is 0.884. The lowest BCUT2D eigenvalue weighted by Gasteiger charge is -2.26. The highest BCUT2D eigenvalue weighted by Gasteiger charge is 2.26. The van der Waals surface area contributed by atoms with Gasteiger partial charge in [0.1, 0.15) is 44.7 Å². The molecule has 0 saturated carbocycles. The van der Waals surface area contributed by atoms with Gasteiger partial charge in [0, 0.05) is 53.9 Å². The second kappa shape index (κ2) is 73.3. The maximum atomic E-state index is 12.1. The van der Waals surface area contributed by atoms with Gasteiger partial charge in [0.15, 0.2) is 24.4 Å². The first kappa shape index (κ1) is 114. The summed E-state index contributed by atoms with van der Waals surface area (Å²) in [7, 11) is -19.0. The second-order valence-electron chi connectivity index (χ2n) is 25.5. The van der Waals surface area contributed by atoms with Crippen LogP contribution < -0.4 is 19.6 Å². The fourth-order valence-electron chi connectivity index (χ4n) is 8.49. The molecule has 0 fully saturated rings. The van der Waals surface area contributed by atoms with Gasteiger partial charge in [-0.05, 0) is 25.7 Å². The van der Waals surface area contributed by atoms with Crippen LogP contribution >= 0.6 is 31.3 Å². The minimum absolute atomic E-state index is 0.151. The number of aliphatic hydroxyl groups excluding tert-OH is 7. The molecule has 12 atom stereocenters. The molecule has 7 N–H and O–H groups in total. The zero-order valence-corrected chi connectivity index (χ0v) is 70.3. The summed E-state index contributed by atoms with van der Waals surface area (Å²) in [6.45, 7) is 5.50. The Morgan fingerprint density at radius 2 is 0.455 bits per heavy atom. The Labute approximate surface area is 659 Å². The molecule has 0 amide bonds. The molecule has 0 radical (unpaired) electrons. The van der Waals surface area contributed by atoms with Crippen LogP contribution in [0.1, 0.15) is 249 Å². The Morgan fingerprint density at radius 3 is 0.661 bits per heavy atom. The number of carbonyl (C=O) groups is 8. The average molecular weight is 1710 g/mol. The number of phosphoric acid groups is 4. The van der Waals surface area contributed by atoms with Gasteiger partial charge < -0.3 is 129 Å². The lowest BCUT2D eigenvalue weighted by atomic mass is 10.0. The summed E-state index contributed by atoms with van der Waals surface area (Å²) in [6, 6.07) is 0. The van der Waals surface area contributed by atoms with Crippen LogP contribution in [0, 0.1) is 0 Å². The van der Waals surface area contributed by atoms with Crippen molar-refractivity contribution in [1.29, 1.82) is 0 Å². The molecule has 0 aliphatic carbocycles. The van der Waals surface area contributed by atoms with Crippen molar-refractivity contribution in [2.75, 3.05) is 99.1 Å². The van der Waals surface area contributed by atoms with Gasteiger partial charge in [-0.25, -0.2) is 0 Å². The molecule has 39 nitrogen and oxygen atoms in total. The summed E-state index contributed by atoms with van der Waals surface area (Å²) in [4.78, 5) is 137. The Morgan fingerprint density at radius 1 is 0.268 bits per heavy atom. The zero-order chi connectivity index (χ0) is 85.7. The molecule has 0 aliphatic heterocycles. The molecule has 0 rings (SSSR count). The molecule has 12 unspecified atom stereocenters. The highest BCUT2D eigenvalue weighted by molar-refractivity contribution is 7.46. The smallest absolute Gasteiger partial charge is 0.306 e. The number of unbranched alkanes of at least 4 members (excludes halogenated alkanes) is 22. The van der Waals surface area contributed by atoms with Crippen molar-refractivity contribution in [3.63, 3.8) is 0 Å². The van der Waals surface area contributed by atoms with Crippen molar-refractivity contribution < 1.29 is 186 Å². The van der Waals surface area contributed by atoms with Crippen LogP contribution in [0.5, 0.6) is 0 Å². The quantitative estimate of drug-likeness (QED) is 0.0166. The van der Waals surface area contributed by atoms with E-state index in [4.69, 9.17) is 63.8 Å². The van der Waals surface area contributed by atoms with E-state index < -0.39 is 201 Å². The highest BCUT2D eigenvalue weighted by Crippen LogP contribution is 2.41. The molecule has 0 bridgehead atoms. The predicted molar refractivity (Wildman–Crippen MR) is 392 cm³/mol. The molecule has 0 aliphatic rings. The lowest BCUT2D eigenvalue weighted by molar-refractivity contribution is -0.231. The van der Waals surface area contributed by atoms with E-state index in [9.17, 15) is 81.3 Å². The minimum Gasteiger partial charge on any atom is -0.756 e. The van der Waals surface area contributed by atoms with Crippen molar-refractivity contribution in [3.8, 4) is 0 Å². The van der Waals surface area contributed by atoms with Gasteiger partial charge in [-0.2, -0.15) is 0 Å². The normalized spacial score (nSPS) is 15.5. The molecule has 0 aromatic heterocycles. The first-order valence-corrected chi connectivity index (χ1v) is 43.8. The number of ether oxygens (including phenoxy) is 8. The number of phosphoric ester groups is 4. The standard InChI is InChI=1S/C24H47O10P.C20H39O10P.C14H27O10P.C11H21O9P/c1-3-4-5-6-7-8-9-10-11-12-13-14-15-16-24(28)34-23(19-31-21(2)26)20-33-35(29,30)32-18-22(27)17-25;1-3-4-5-6-7-8-9-10-11-12-20(24)30-19(15-27-17(2)22)16-29-31(25,26)28-14-18(23)13-21;1-3-4-5-6-14(18)24-13(9-21-11(2)16)10-23-25(19,20)22-8-12(17)7-15;1-4-10(14)5-18-21(15,16)19-7-11(20-9(3)13)6-17-8(2)12/h22-23,25,27H,3-20H2,1-2H3,(H,29,30);18-19,21,23H,3-16H2,1-2H3,(H,25,26);12-13,15,17H,3-10H2,1-2H3,(H,19,20);10-11,14H,4-7H2,1-3H3,(H,15,16)/p-4. The molecule has 664 valence electrons. The summed E-state index contributed by atoms with van der Waals surface area (Å²) in [6.07, 6.45) is 19.0. The van der Waals surface area contributed by atoms with Crippen LogP contribution in [0.3, 0.4) is 0 Å². The first-order valence-electron chi connectivity index (χ1n) is 38.0. The first-order chi connectivity index (χ1) is 52.7. The fourth-order valence-corrected chi connectivity index (χ4v) is 11.6. The monoisotopic (exact) mass is 1710 g/mol. The van der Waals surface area contributed by atoms with Crippen molar-refractivity contribution in [1.82, 2.24) is 0 Å². The largest absolute Gasteiger partial charge is 0.756 e. The number of hydrogen-bond donors (Lipinski definition) is 7. The Kier molecular flexibility index (Phi) is 74.8. The Hall–Kier alpha value is -4.08. The number of carbonyl (C=O) groups excluding carboxylic acids is 8. The molecule has 43 heteroatoms. The summed E-state index contributed by atoms with van der Waals surface area (Å²) >= 11 is 0. The van der Waals surface area contributed by atoms with E-state index in [2.05, 4.69) is 54.8 Å². The lowest BCUT2D eigenvalue weighted by Crippen LogP contribution is -2.30. The zero-order valence-electron chi connectivity index (χ0n) is 66.7. The van der Waals surface area contributed by atoms with E-state index in [-0.39, 0.29) is 45.7 Å². The summed E-state index contributed by atoms with van der Waals surface area (Å²) in [5.41, 5.74) is 0. The van der Waals surface area contributed by atoms with Crippen molar-refractivity contribution in [3.05, 3.63) is 0 Å². The van der Waals surface area contributed by atoms with Gasteiger partial charge in [-0.3, -0.25) is 56.6 Å². The van der Waals surface area contributed by atoms with E-state index in [1.807, 2.05) is 6.92 Å².